The van der Waals surface area contributed by atoms with Crippen molar-refractivity contribution in [3.05, 3.63) is 64.1 Å². The summed E-state index contributed by atoms with van der Waals surface area (Å²) < 4.78 is 1.15. The number of halogens is 1. The van der Waals surface area contributed by atoms with Gasteiger partial charge in [-0.2, -0.15) is 0 Å². The fraction of sp³-hybridized carbons (Fsp3) is 0.300. The summed E-state index contributed by atoms with van der Waals surface area (Å²) in [5.74, 6) is 0.114. The number of quaternary nitrogens is 1. The number of aromatic nitrogens is 1. The second-order valence-corrected chi connectivity index (χ2v) is 8.14. The molecule has 1 amide bonds. The SMILES string of the molecule is C[C@@H](c1nc2ccccc2s1)N(C)C(=O)C[NH+](C)Cc1ccc(Cl)cc1. The Morgan fingerprint density at radius 2 is 1.92 bits per heavy atom. The second kappa shape index (κ2) is 8.16. The van der Waals surface area contributed by atoms with E-state index in [1.165, 1.54) is 5.56 Å². The molecule has 0 spiro atoms. The lowest BCUT2D eigenvalue weighted by Crippen LogP contribution is -3.08. The van der Waals surface area contributed by atoms with Crippen molar-refractivity contribution in [1.82, 2.24) is 9.88 Å². The number of carbonyl (C=O) groups is 1. The van der Waals surface area contributed by atoms with Gasteiger partial charge in [-0.1, -0.05) is 35.9 Å². The zero-order chi connectivity index (χ0) is 18.7. The third-order valence-electron chi connectivity index (χ3n) is 4.51. The highest BCUT2D eigenvalue weighted by atomic mass is 35.5. The highest BCUT2D eigenvalue weighted by molar-refractivity contribution is 7.18. The molecule has 1 N–H and O–H groups in total. The summed E-state index contributed by atoms with van der Waals surface area (Å²) in [6.07, 6.45) is 0. The Morgan fingerprint density at radius 3 is 2.62 bits per heavy atom. The minimum atomic E-state index is -0.0387. The molecule has 6 heteroatoms. The summed E-state index contributed by atoms with van der Waals surface area (Å²) in [7, 11) is 3.89. The van der Waals surface area contributed by atoms with Crippen LogP contribution < -0.4 is 4.90 Å². The predicted molar refractivity (Wildman–Crippen MR) is 108 cm³/mol. The zero-order valence-electron chi connectivity index (χ0n) is 15.2. The lowest BCUT2D eigenvalue weighted by Gasteiger charge is -2.24. The number of nitrogens with one attached hydrogen (secondary N) is 1. The van der Waals surface area contributed by atoms with Crippen LogP contribution in [0.5, 0.6) is 0 Å². The minimum absolute atomic E-state index is 0.0387. The summed E-state index contributed by atoms with van der Waals surface area (Å²) in [6.45, 7) is 3.25. The molecule has 0 saturated heterocycles. The first-order chi connectivity index (χ1) is 12.4. The van der Waals surface area contributed by atoms with E-state index < -0.39 is 0 Å². The number of fused-ring (bicyclic) bond motifs is 1. The average molecular weight is 389 g/mol. The van der Waals surface area contributed by atoms with Gasteiger partial charge in [0.25, 0.3) is 5.91 Å². The van der Waals surface area contributed by atoms with Crippen molar-refractivity contribution >= 4 is 39.1 Å². The molecule has 4 nitrogen and oxygen atoms in total. The molecule has 0 saturated carbocycles. The molecule has 0 bridgehead atoms. The number of carbonyl (C=O) groups excluding carboxylic acids is 1. The summed E-state index contributed by atoms with van der Waals surface area (Å²) in [5.41, 5.74) is 2.16. The Bertz CT molecular complexity index is 860. The third-order valence-corrected chi connectivity index (χ3v) is 5.97. The molecule has 0 radical (unpaired) electrons. The highest BCUT2D eigenvalue weighted by Gasteiger charge is 2.23. The van der Waals surface area contributed by atoms with E-state index in [-0.39, 0.29) is 11.9 Å². The van der Waals surface area contributed by atoms with Crippen LogP contribution in [-0.4, -0.2) is 36.4 Å². The van der Waals surface area contributed by atoms with Crippen LogP contribution in [0.25, 0.3) is 10.2 Å². The number of amides is 1. The number of thiazole rings is 1. The summed E-state index contributed by atoms with van der Waals surface area (Å²) in [6, 6.07) is 15.8. The first-order valence-corrected chi connectivity index (χ1v) is 9.80. The van der Waals surface area contributed by atoms with Crippen LogP contribution in [0.15, 0.2) is 48.5 Å². The average Bonchev–Trinajstić information content (AvgIpc) is 3.06. The lowest BCUT2D eigenvalue weighted by molar-refractivity contribution is -0.885. The molecule has 136 valence electrons. The standard InChI is InChI=1S/C20H22ClN3OS/c1-14(20-22-17-6-4-5-7-18(17)26-20)24(3)19(25)13-23(2)12-15-8-10-16(21)11-9-15/h4-11,14H,12-13H2,1-3H3/p+1/t14-/m0/s1. The van der Waals surface area contributed by atoms with Crippen LogP contribution in [0.4, 0.5) is 0 Å². The van der Waals surface area contributed by atoms with Crippen LogP contribution in [0.2, 0.25) is 5.02 Å². The minimum Gasteiger partial charge on any atom is -0.332 e. The second-order valence-electron chi connectivity index (χ2n) is 6.64. The molecule has 1 aromatic heterocycles. The molecule has 1 unspecified atom stereocenters. The molecular formula is C20H23ClN3OS+. The summed E-state index contributed by atoms with van der Waals surface area (Å²) in [4.78, 5) is 20.3. The molecular weight excluding hydrogens is 366 g/mol. The van der Waals surface area contributed by atoms with Crippen molar-refractivity contribution < 1.29 is 9.69 Å². The van der Waals surface area contributed by atoms with E-state index in [0.717, 1.165) is 31.7 Å². The fourth-order valence-electron chi connectivity index (χ4n) is 2.85. The Morgan fingerprint density at radius 1 is 1.23 bits per heavy atom. The van der Waals surface area contributed by atoms with Crippen LogP contribution >= 0.6 is 22.9 Å². The first kappa shape index (κ1) is 18.8. The molecule has 0 aliphatic heterocycles. The van der Waals surface area contributed by atoms with Crippen LogP contribution in [-0.2, 0) is 11.3 Å². The van der Waals surface area contributed by atoms with Gasteiger partial charge in [-0.05, 0) is 31.2 Å². The quantitative estimate of drug-likeness (QED) is 0.704. The fourth-order valence-corrected chi connectivity index (χ4v) is 4.04. The molecule has 3 aromatic rings. The number of hydrogen-bond acceptors (Lipinski definition) is 3. The van der Waals surface area contributed by atoms with Crippen molar-refractivity contribution in [2.45, 2.75) is 19.5 Å². The Balaban J connectivity index is 1.61. The van der Waals surface area contributed by atoms with Gasteiger partial charge in [0.05, 0.1) is 23.3 Å². The molecule has 1 heterocycles. The maximum Gasteiger partial charge on any atom is 0.278 e. The van der Waals surface area contributed by atoms with Gasteiger partial charge in [-0.25, -0.2) is 4.98 Å². The van der Waals surface area contributed by atoms with E-state index >= 15 is 0 Å². The van der Waals surface area contributed by atoms with Crippen LogP contribution in [0, 0.1) is 0 Å². The maximum atomic E-state index is 12.7. The van der Waals surface area contributed by atoms with Crippen molar-refractivity contribution in [3.8, 4) is 0 Å². The molecule has 0 fully saturated rings. The van der Waals surface area contributed by atoms with Crippen molar-refractivity contribution in [1.29, 1.82) is 0 Å². The summed E-state index contributed by atoms with van der Waals surface area (Å²) >= 11 is 7.57. The largest absolute Gasteiger partial charge is 0.332 e. The van der Waals surface area contributed by atoms with E-state index in [9.17, 15) is 4.79 Å². The molecule has 0 aliphatic carbocycles. The van der Waals surface area contributed by atoms with E-state index in [1.54, 1.807) is 16.2 Å². The Kier molecular flexibility index (Phi) is 5.91. The van der Waals surface area contributed by atoms with Gasteiger partial charge < -0.3 is 9.80 Å². The first-order valence-electron chi connectivity index (χ1n) is 8.61. The molecule has 2 atom stereocenters. The normalized spacial score (nSPS) is 13.5. The zero-order valence-corrected chi connectivity index (χ0v) is 16.8. The van der Waals surface area contributed by atoms with E-state index in [0.29, 0.717) is 6.54 Å². The monoisotopic (exact) mass is 388 g/mol. The van der Waals surface area contributed by atoms with Gasteiger partial charge >= 0.3 is 0 Å². The Hall–Kier alpha value is -1.95. The van der Waals surface area contributed by atoms with Crippen molar-refractivity contribution in [2.24, 2.45) is 0 Å². The van der Waals surface area contributed by atoms with Gasteiger partial charge in [0, 0.05) is 17.6 Å². The number of benzene rings is 2. The number of para-hydroxylation sites is 1. The highest BCUT2D eigenvalue weighted by Crippen LogP contribution is 2.28. The van der Waals surface area contributed by atoms with E-state index in [2.05, 4.69) is 11.1 Å². The maximum absolute atomic E-state index is 12.7. The van der Waals surface area contributed by atoms with Crippen molar-refractivity contribution in [3.63, 3.8) is 0 Å². The molecule has 2 aromatic carbocycles. The lowest BCUT2D eigenvalue weighted by atomic mass is 10.2. The van der Waals surface area contributed by atoms with Gasteiger partial charge in [-0.15, -0.1) is 11.3 Å². The molecule has 26 heavy (non-hydrogen) atoms. The predicted octanol–water partition coefficient (Wildman–Crippen LogP) is 3.18. The van der Waals surface area contributed by atoms with E-state index in [4.69, 9.17) is 11.6 Å². The van der Waals surface area contributed by atoms with E-state index in [1.807, 2.05) is 63.5 Å². The smallest absolute Gasteiger partial charge is 0.278 e. The number of nitrogens with zero attached hydrogens (tertiary/aromatic N) is 2. The number of hydrogen-bond donors (Lipinski definition) is 1. The van der Waals surface area contributed by atoms with Gasteiger partial charge in [0.2, 0.25) is 0 Å². The number of likely N-dealkylation sites (N-methyl/N-ethyl adjacent to an activating group) is 2. The van der Waals surface area contributed by atoms with Gasteiger partial charge in [0.1, 0.15) is 11.6 Å². The van der Waals surface area contributed by atoms with Crippen LogP contribution in [0.1, 0.15) is 23.5 Å². The summed E-state index contributed by atoms with van der Waals surface area (Å²) in [5, 5.41) is 1.70. The Labute approximate surface area is 163 Å². The van der Waals surface area contributed by atoms with Crippen molar-refractivity contribution in [2.75, 3.05) is 20.6 Å². The van der Waals surface area contributed by atoms with Gasteiger partial charge in [-0.3, -0.25) is 4.79 Å². The topological polar surface area (TPSA) is 37.6 Å². The third kappa shape index (κ3) is 4.41. The molecule has 0 aliphatic rings. The number of rotatable bonds is 6. The molecule has 3 rings (SSSR count). The van der Waals surface area contributed by atoms with Gasteiger partial charge in [0.15, 0.2) is 6.54 Å². The van der Waals surface area contributed by atoms with Crippen LogP contribution in [0.3, 0.4) is 0 Å².